The number of hydrazone groups is 1. The highest BCUT2D eigenvalue weighted by Gasteiger charge is 2.38. The van der Waals surface area contributed by atoms with Gasteiger partial charge in [0.1, 0.15) is 45.0 Å². The molecule has 0 N–H and O–H groups in total. The maximum atomic E-state index is 14.4. The van der Waals surface area contributed by atoms with Gasteiger partial charge in [-0.1, -0.05) is 30.0 Å². The molecule has 1 atom stereocenters. The van der Waals surface area contributed by atoms with Crippen LogP contribution in [0.15, 0.2) is 65.8 Å². The van der Waals surface area contributed by atoms with Crippen molar-refractivity contribution in [1.29, 1.82) is 0 Å². The number of methoxy groups -OCH3 is 1. The van der Waals surface area contributed by atoms with E-state index in [1.54, 1.807) is 18.2 Å². The van der Waals surface area contributed by atoms with Gasteiger partial charge in [0.25, 0.3) is 5.91 Å². The maximum Gasteiger partial charge on any atom is 0.343 e. The van der Waals surface area contributed by atoms with Crippen molar-refractivity contribution >= 4 is 28.7 Å². The van der Waals surface area contributed by atoms with Crippen LogP contribution in [0.3, 0.4) is 0 Å². The Bertz CT molecular complexity index is 1290. The highest BCUT2D eigenvalue weighted by atomic mass is 32.2. The summed E-state index contributed by atoms with van der Waals surface area (Å²) in [4.78, 5) is 24.8. The predicted molar refractivity (Wildman–Crippen MR) is 120 cm³/mol. The lowest BCUT2D eigenvalue weighted by Crippen LogP contribution is -2.28. The third-order valence-corrected chi connectivity index (χ3v) is 6.14. The van der Waals surface area contributed by atoms with Gasteiger partial charge in [-0.15, -0.1) is 0 Å². The first-order chi connectivity index (χ1) is 16.8. The smallest absolute Gasteiger partial charge is 0.343 e. The van der Waals surface area contributed by atoms with E-state index in [0.29, 0.717) is 23.3 Å². The molecule has 0 saturated heterocycles. The van der Waals surface area contributed by atoms with Gasteiger partial charge < -0.3 is 9.47 Å². The number of halogens is 4. The average molecular weight is 504 g/mol. The maximum absolute atomic E-state index is 14.4. The van der Waals surface area contributed by atoms with E-state index in [1.165, 1.54) is 37.4 Å². The predicted octanol–water partition coefficient (Wildman–Crippen LogP) is 5.04. The quantitative estimate of drug-likeness (QED) is 0.348. The van der Waals surface area contributed by atoms with Crippen molar-refractivity contribution in [2.75, 3.05) is 13.7 Å². The molecule has 0 fully saturated rings. The SMILES string of the molecule is COC(=O)COc1ccccc1C1SC(c2ccc(F)cc2)=NN1C(=O)c1c(F)cc(F)cc1F. The summed E-state index contributed by atoms with van der Waals surface area (Å²) in [7, 11) is 1.19. The van der Waals surface area contributed by atoms with Crippen LogP contribution in [0, 0.1) is 23.3 Å². The Morgan fingerprint density at radius 3 is 2.29 bits per heavy atom. The lowest BCUT2D eigenvalue weighted by Gasteiger charge is -2.23. The first kappa shape index (κ1) is 24.3. The van der Waals surface area contributed by atoms with Crippen molar-refractivity contribution in [2.24, 2.45) is 5.10 Å². The Balaban J connectivity index is 1.77. The van der Waals surface area contributed by atoms with Gasteiger partial charge in [0.15, 0.2) is 6.61 Å². The fraction of sp³-hybridized carbons (Fsp3) is 0.125. The summed E-state index contributed by atoms with van der Waals surface area (Å²) < 4.78 is 65.8. The van der Waals surface area contributed by atoms with E-state index in [1.807, 2.05) is 0 Å². The molecule has 1 aliphatic rings. The van der Waals surface area contributed by atoms with Crippen LogP contribution in [-0.2, 0) is 9.53 Å². The number of hydrogen-bond acceptors (Lipinski definition) is 6. The molecule has 11 heteroatoms. The van der Waals surface area contributed by atoms with E-state index >= 15 is 0 Å². The molecule has 0 radical (unpaired) electrons. The van der Waals surface area contributed by atoms with Crippen LogP contribution in [-0.4, -0.2) is 35.6 Å². The minimum atomic E-state index is -1.39. The van der Waals surface area contributed by atoms with Gasteiger partial charge in [0.05, 0.1) is 7.11 Å². The van der Waals surface area contributed by atoms with Gasteiger partial charge in [-0.25, -0.2) is 27.4 Å². The summed E-state index contributed by atoms with van der Waals surface area (Å²) >= 11 is 1.04. The standard InChI is InChI=1S/C24H16F4N2O4S/c1-33-20(31)12-34-19-5-3-2-4-16(19)24-30(23(32)21-17(27)10-15(26)11-18(21)28)29-22(35-24)13-6-8-14(25)9-7-13/h2-11,24H,12H2,1H3. The van der Waals surface area contributed by atoms with Crippen LogP contribution in [0.2, 0.25) is 0 Å². The lowest BCUT2D eigenvalue weighted by atomic mass is 10.1. The number of carbonyl (C=O) groups is 2. The van der Waals surface area contributed by atoms with Gasteiger partial charge in [-0.2, -0.15) is 5.10 Å². The molecular formula is C24H16F4N2O4S. The molecule has 0 aromatic heterocycles. The van der Waals surface area contributed by atoms with Crippen molar-refractivity contribution in [2.45, 2.75) is 5.37 Å². The summed E-state index contributed by atoms with van der Waals surface area (Å²) in [5.41, 5.74) is -0.183. The Morgan fingerprint density at radius 2 is 1.63 bits per heavy atom. The Morgan fingerprint density at radius 1 is 0.971 bits per heavy atom. The third-order valence-electron chi connectivity index (χ3n) is 4.92. The van der Waals surface area contributed by atoms with Crippen LogP contribution in [0.1, 0.15) is 26.9 Å². The summed E-state index contributed by atoms with van der Waals surface area (Å²) in [5.74, 6) is -6.07. The van der Waals surface area contributed by atoms with E-state index in [4.69, 9.17) is 4.74 Å². The second-order valence-corrected chi connectivity index (χ2v) is 8.25. The van der Waals surface area contributed by atoms with Gasteiger partial charge in [-0.3, -0.25) is 4.79 Å². The van der Waals surface area contributed by atoms with E-state index in [9.17, 15) is 27.2 Å². The molecule has 4 rings (SSSR count). The van der Waals surface area contributed by atoms with Crippen LogP contribution < -0.4 is 4.74 Å². The number of carbonyl (C=O) groups excluding carboxylic acids is 2. The normalized spacial score (nSPS) is 15.1. The number of amides is 1. The third kappa shape index (κ3) is 5.14. The number of hydrogen-bond donors (Lipinski definition) is 0. The molecule has 0 spiro atoms. The second-order valence-electron chi connectivity index (χ2n) is 7.18. The molecule has 1 heterocycles. The zero-order chi connectivity index (χ0) is 25.1. The first-order valence-corrected chi connectivity index (χ1v) is 10.9. The Kier molecular flexibility index (Phi) is 7.06. The number of benzene rings is 3. The average Bonchev–Trinajstić information content (AvgIpc) is 3.27. The molecule has 1 aliphatic heterocycles. The van der Waals surface area contributed by atoms with Crippen molar-refractivity contribution in [3.05, 3.63) is 101 Å². The zero-order valence-electron chi connectivity index (χ0n) is 18.0. The highest BCUT2D eigenvalue weighted by Crippen LogP contribution is 2.45. The van der Waals surface area contributed by atoms with Gasteiger partial charge in [0, 0.05) is 23.3 Å². The van der Waals surface area contributed by atoms with Crippen LogP contribution in [0.25, 0.3) is 0 Å². The first-order valence-electron chi connectivity index (χ1n) is 10.1. The van der Waals surface area contributed by atoms with E-state index in [-0.39, 0.29) is 10.8 Å². The summed E-state index contributed by atoms with van der Waals surface area (Å²) in [5, 5.41) is 4.35. The van der Waals surface area contributed by atoms with Crippen LogP contribution in [0.4, 0.5) is 17.6 Å². The lowest BCUT2D eigenvalue weighted by molar-refractivity contribution is -0.142. The van der Waals surface area contributed by atoms with Crippen molar-refractivity contribution < 1.29 is 36.6 Å². The number of thioether (sulfide) groups is 1. The van der Waals surface area contributed by atoms with Crippen molar-refractivity contribution in [3.63, 3.8) is 0 Å². The Labute approximate surface area is 201 Å². The molecular weight excluding hydrogens is 488 g/mol. The highest BCUT2D eigenvalue weighted by molar-refractivity contribution is 8.14. The summed E-state index contributed by atoms with van der Waals surface area (Å²) in [6.45, 7) is -0.425. The van der Waals surface area contributed by atoms with E-state index in [2.05, 4.69) is 9.84 Å². The van der Waals surface area contributed by atoms with Gasteiger partial charge >= 0.3 is 5.97 Å². The molecule has 0 bridgehead atoms. The number of rotatable bonds is 6. The van der Waals surface area contributed by atoms with Gasteiger partial charge in [-0.05, 0) is 30.3 Å². The molecule has 180 valence electrons. The van der Waals surface area contributed by atoms with E-state index < -0.39 is 52.7 Å². The zero-order valence-corrected chi connectivity index (χ0v) is 18.8. The van der Waals surface area contributed by atoms with Gasteiger partial charge in [0.2, 0.25) is 0 Å². The number of ether oxygens (including phenoxy) is 2. The fourth-order valence-corrected chi connectivity index (χ4v) is 4.45. The number of para-hydroxylation sites is 1. The molecule has 0 aliphatic carbocycles. The molecule has 1 amide bonds. The molecule has 3 aromatic rings. The molecule has 6 nitrogen and oxygen atoms in total. The molecule has 35 heavy (non-hydrogen) atoms. The van der Waals surface area contributed by atoms with Crippen molar-refractivity contribution in [1.82, 2.24) is 5.01 Å². The van der Waals surface area contributed by atoms with Crippen LogP contribution in [0.5, 0.6) is 5.75 Å². The van der Waals surface area contributed by atoms with Crippen LogP contribution >= 0.6 is 11.8 Å². The molecule has 0 saturated carbocycles. The summed E-state index contributed by atoms with van der Waals surface area (Å²) in [6, 6.07) is 12.5. The molecule has 3 aromatic carbocycles. The number of esters is 1. The minimum absolute atomic E-state index is 0.198. The topological polar surface area (TPSA) is 68.2 Å². The monoisotopic (exact) mass is 504 g/mol. The largest absolute Gasteiger partial charge is 0.482 e. The summed E-state index contributed by atoms with van der Waals surface area (Å²) in [6.07, 6.45) is 0. The second kappa shape index (κ2) is 10.2. The van der Waals surface area contributed by atoms with E-state index in [0.717, 1.165) is 16.8 Å². The number of nitrogens with zero attached hydrogens (tertiary/aromatic N) is 2. The minimum Gasteiger partial charge on any atom is -0.482 e. The van der Waals surface area contributed by atoms with Crippen molar-refractivity contribution in [3.8, 4) is 5.75 Å². The fourth-order valence-electron chi connectivity index (χ4n) is 3.27. The molecule has 1 unspecified atom stereocenters. The Hall–Kier alpha value is -3.86.